The van der Waals surface area contributed by atoms with Crippen molar-refractivity contribution in [2.24, 2.45) is 10.9 Å². The van der Waals surface area contributed by atoms with E-state index in [0.717, 1.165) is 10.9 Å². The molecule has 3 aromatic carbocycles. The number of fused-ring (bicyclic) bond motifs is 1. The molecule has 0 saturated carbocycles. The third kappa shape index (κ3) is 5.24. The summed E-state index contributed by atoms with van der Waals surface area (Å²) in [5.74, 6) is -0.380. The zero-order chi connectivity index (χ0) is 24.4. The van der Waals surface area contributed by atoms with E-state index >= 15 is 0 Å². The monoisotopic (exact) mass is 470 g/mol. The van der Waals surface area contributed by atoms with Gasteiger partial charge in [-0.2, -0.15) is 0 Å². The first-order valence-corrected chi connectivity index (χ1v) is 10.9. The average Bonchev–Trinajstić information content (AvgIpc) is 3.15. The highest BCUT2D eigenvalue weighted by molar-refractivity contribution is 6.14. The van der Waals surface area contributed by atoms with Crippen LogP contribution in [-0.2, 0) is 0 Å². The molecule has 5 N–H and O–H groups in total. The van der Waals surface area contributed by atoms with Crippen LogP contribution in [0.1, 0.15) is 54.5 Å². The number of H-pyrrole nitrogens is 1. The number of carbonyl (C=O) groups is 2. The van der Waals surface area contributed by atoms with E-state index in [1.165, 1.54) is 0 Å². The molecule has 0 aliphatic carbocycles. The molecule has 35 heavy (non-hydrogen) atoms. The van der Waals surface area contributed by atoms with Crippen LogP contribution in [-0.4, -0.2) is 27.5 Å². The molecule has 180 valence electrons. The molecule has 0 fully saturated rings. The number of aliphatic imine (C=N–C) groups is 1. The molecular weight excluding hydrogens is 440 g/mol. The first-order chi connectivity index (χ1) is 16.2. The van der Waals surface area contributed by atoms with Crippen LogP contribution in [0, 0.1) is 5.92 Å². The minimum Gasteiger partial charge on any atom is -0.494 e. The van der Waals surface area contributed by atoms with Crippen molar-refractivity contribution in [2.75, 3.05) is 11.1 Å². The molecule has 0 atom stereocenters. The van der Waals surface area contributed by atoms with E-state index < -0.39 is 0 Å². The second kappa shape index (κ2) is 10.3. The molecule has 0 aliphatic heterocycles. The van der Waals surface area contributed by atoms with Crippen molar-refractivity contribution >= 4 is 45.4 Å². The number of nitrogen functional groups attached to an aromatic ring is 1. The number of para-hydroxylation sites is 2. The van der Waals surface area contributed by atoms with E-state index in [2.05, 4.69) is 15.3 Å². The highest BCUT2D eigenvalue weighted by Crippen LogP contribution is 2.30. The Morgan fingerprint density at radius 3 is 2.31 bits per heavy atom. The van der Waals surface area contributed by atoms with Gasteiger partial charge < -0.3 is 21.1 Å². The predicted octanol–water partition coefficient (Wildman–Crippen LogP) is 6.32. The minimum atomic E-state index is -0.276. The summed E-state index contributed by atoms with van der Waals surface area (Å²) in [5, 5.41) is 14.0. The number of hydrogen-bond donors (Lipinski definition) is 4. The van der Waals surface area contributed by atoms with Crippen LogP contribution >= 0.6 is 0 Å². The second-order valence-electron chi connectivity index (χ2n) is 8.41. The van der Waals surface area contributed by atoms with Crippen molar-refractivity contribution in [1.29, 1.82) is 0 Å². The number of ketones is 1. The van der Waals surface area contributed by atoms with Gasteiger partial charge in [-0.25, -0.2) is 0 Å². The zero-order valence-corrected chi connectivity index (χ0v) is 19.2. The Kier molecular flexibility index (Phi) is 7.40. The number of nitrogens with one attached hydrogen (secondary N) is 2. The Bertz CT molecular complexity index is 1420. The van der Waals surface area contributed by atoms with Gasteiger partial charge in [-0.1, -0.05) is 33.4 Å². The molecule has 1 aromatic heterocycles. The van der Waals surface area contributed by atoms with Crippen LogP contribution in [0.4, 0.5) is 17.1 Å². The fourth-order valence-electron chi connectivity index (χ4n) is 3.77. The summed E-state index contributed by atoms with van der Waals surface area (Å²) in [6, 6.07) is 19.2. The maximum absolute atomic E-state index is 12.5. The van der Waals surface area contributed by atoms with Crippen LogP contribution in [0.25, 0.3) is 10.9 Å². The van der Waals surface area contributed by atoms with Gasteiger partial charge in [0.05, 0.1) is 28.3 Å². The number of aromatic amines is 1. The lowest BCUT2D eigenvalue weighted by Gasteiger charge is -2.08. The van der Waals surface area contributed by atoms with Crippen molar-refractivity contribution in [3.63, 3.8) is 0 Å². The Morgan fingerprint density at radius 1 is 1.00 bits per heavy atom. The van der Waals surface area contributed by atoms with Gasteiger partial charge in [0, 0.05) is 27.9 Å². The number of nitrogens with zero attached hydrogens (tertiary/aromatic N) is 1. The smallest absolute Gasteiger partial charge is 0.255 e. The minimum absolute atomic E-state index is 0. The van der Waals surface area contributed by atoms with Crippen molar-refractivity contribution in [3.8, 4) is 5.88 Å². The SMILES string of the molecule is C.CC(=Nc1ccc(C(=O)Nc2ccccc2N)cc1)c1c(O)[nH]c2ccc(C(=O)C(C)C)cc12. The molecule has 7 heteroatoms. The largest absolute Gasteiger partial charge is 0.494 e. The van der Waals surface area contributed by atoms with Crippen molar-refractivity contribution < 1.29 is 14.7 Å². The van der Waals surface area contributed by atoms with Gasteiger partial charge in [-0.3, -0.25) is 14.6 Å². The molecule has 0 unspecified atom stereocenters. The van der Waals surface area contributed by atoms with E-state index in [4.69, 9.17) is 5.73 Å². The van der Waals surface area contributed by atoms with Crippen molar-refractivity contribution in [1.82, 2.24) is 4.98 Å². The van der Waals surface area contributed by atoms with E-state index in [1.807, 2.05) is 13.8 Å². The maximum Gasteiger partial charge on any atom is 0.255 e. The van der Waals surface area contributed by atoms with Gasteiger partial charge in [0.2, 0.25) is 0 Å². The molecule has 0 radical (unpaired) electrons. The van der Waals surface area contributed by atoms with Crippen LogP contribution < -0.4 is 11.1 Å². The summed E-state index contributed by atoms with van der Waals surface area (Å²) in [6.07, 6.45) is 0. The van der Waals surface area contributed by atoms with Gasteiger partial charge in [-0.15, -0.1) is 0 Å². The fourth-order valence-corrected chi connectivity index (χ4v) is 3.77. The summed E-state index contributed by atoms with van der Waals surface area (Å²) in [4.78, 5) is 32.6. The lowest BCUT2D eigenvalue weighted by Crippen LogP contribution is -2.12. The Morgan fingerprint density at radius 2 is 1.66 bits per heavy atom. The van der Waals surface area contributed by atoms with Gasteiger partial charge in [0.25, 0.3) is 5.91 Å². The number of rotatable bonds is 6. The Balaban J connectivity index is 0.00000342. The molecule has 4 aromatic rings. The van der Waals surface area contributed by atoms with Gasteiger partial charge in [0.15, 0.2) is 11.7 Å². The first kappa shape index (κ1) is 25.2. The zero-order valence-electron chi connectivity index (χ0n) is 19.2. The number of Topliss-reactive ketones (excluding diaryl/α,β-unsaturated/α-hetero) is 1. The third-order valence-electron chi connectivity index (χ3n) is 5.58. The summed E-state index contributed by atoms with van der Waals surface area (Å²) >= 11 is 0. The number of benzene rings is 3. The Hall–Kier alpha value is -4.39. The number of nitrogens with two attached hydrogens (primary N) is 1. The van der Waals surface area contributed by atoms with Crippen LogP contribution in [0.3, 0.4) is 0 Å². The van der Waals surface area contributed by atoms with Crippen molar-refractivity contribution in [3.05, 3.63) is 83.4 Å². The second-order valence-corrected chi connectivity index (χ2v) is 8.41. The number of aromatic nitrogens is 1. The van der Waals surface area contributed by atoms with Crippen LogP contribution in [0.2, 0.25) is 0 Å². The molecule has 0 saturated heterocycles. The third-order valence-corrected chi connectivity index (χ3v) is 5.58. The topological polar surface area (TPSA) is 121 Å². The number of carbonyl (C=O) groups excluding carboxylic acids is 2. The highest BCUT2D eigenvalue weighted by atomic mass is 16.3. The quantitative estimate of drug-likeness (QED) is 0.150. The van der Waals surface area contributed by atoms with E-state index in [9.17, 15) is 14.7 Å². The van der Waals surface area contributed by atoms with E-state index in [1.54, 1.807) is 73.7 Å². The maximum atomic E-state index is 12.5. The molecule has 4 rings (SSSR count). The van der Waals surface area contributed by atoms with Crippen LogP contribution in [0.15, 0.2) is 71.7 Å². The van der Waals surface area contributed by atoms with Gasteiger partial charge in [0.1, 0.15) is 0 Å². The van der Waals surface area contributed by atoms with Crippen LogP contribution in [0.5, 0.6) is 5.88 Å². The number of hydrogen-bond acceptors (Lipinski definition) is 5. The highest BCUT2D eigenvalue weighted by Gasteiger charge is 2.17. The molecule has 1 heterocycles. The molecule has 0 bridgehead atoms. The summed E-state index contributed by atoms with van der Waals surface area (Å²) in [5.41, 5.74) is 10.4. The first-order valence-electron chi connectivity index (χ1n) is 10.9. The summed E-state index contributed by atoms with van der Waals surface area (Å²) in [7, 11) is 0. The Labute approximate surface area is 204 Å². The van der Waals surface area contributed by atoms with Crippen molar-refractivity contribution in [2.45, 2.75) is 28.2 Å². The van der Waals surface area contributed by atoms with E-state index in [-0.39, 0.29) is 30.9 Å². The number of amides is 1. The molecule has 1 amide bonds. The molecule has 7 nitrogen and oxygen atoms in total. The standard InChI is InChI=1S/C27H26N4O3.CH4/c1-15(2)25(32)18-10-13-22-20(14-18)24(27(34)30-22)16(3)29-19-11-8-17(9-12-19)26(33)31-23-7-5-4-6-21(23)28;/h4-15,30,34H,28H2,1-3H3,(H,31,33);1H4. The molecular formula is C28H30N4O3. The molecule has 0 spiro atoms. The summed E-state index contributed by atoms with van der Waals surface area (Å²) in [6.45, 7) is 5.50. The predicted molar refractivity (Wildman–Crippen MR) is 143 cm³/mol. The lowest BCUT2D eigenvalue weighted by atomic mass is 9.98. The van der Waals surface area contributed by atoms with E-state index in [0.29, 0.717) is 39.5 Å². The lowest BCUT2D eigenvalue weighted by molar-refractivity contribution is 0.0939. The molecule has 0 aliphatic rings. The normalized spacial score (nSPS) is 11.4. The fraction of sp³-hybridized carbons (Fsp3) is 0.179. The summed E-state index contributed by atoms with van der Waals surface area (Å²) < 4.78 is 0. The average molecular weight is 471 g/mol. The van der Waals surface area contributed by atoms with Gasteiger partial charge >= 0.3 is 0 Å². The number of aromatic hydroxyl groups is 1. The van der Waals surface area contributed by atoms with Gasteiger partial charge in [-0.05, 0) is 61.5 Å². The number of anilines is 2.